The molecule has 1 N–H and O–H groups in total. The first-order valence-corrected chi connectivity index (χ1v) is 9.36. The molecule has 138 valence electrons. The fourth-order valence-corrected chi connectivity index (χ4v) is 3.62. The zero-order valence-electron chi connectivity index (χ0n) is 14.5. The molecule has 1 fully saturated rings. The van der Waals surface area contributed by atoms with Gasteiger partial charge in [-0.3, -0.25) is 4.90 Å². The van der Waals surface area contributed by atoms with E-state index in [1.807, 2.05) is 31.2 Å². The van der Waals surface area contributed by atoms with E-state index in [2.05, 4.69) is 15.9 Å². The molecular formula is C20H21BrFNO3. The van der Waals surface area contributed by atoms with Crippen LogP contribution in [0.1, 0.15) is 36.9 Å². The quantitative estimate of drug-likeness (QED) is 0.730. The zero-order valence-corrected chi connectivity index (χ0v) is 16.1. The molecular weight excluding hydrogens is 401 g/mol. The van der Waals surface area contributed by atoms with E-state index in [9.17, 15) is 14.3 Å². The van der Waals surface area contributed by atoms with Crippen LogP contribution in [0.15, 0.2) is 53.0 Å². The third kappa shape index (κ3) is 3.76. The van der Waals surface area contributed by atoms with Crippen LogP contribution in [0.4, 0.5) is 9.18 Å². The van der Waals surface area contributed by atoms with Crippen LogP contribution in [0.5, 0.6) is 0 Å². The average molecular weight is 422 g/mol. The van der Waals surface area contributed by atoms with Crippen molar-refractivity contribution in [3.05, 3.63) is 69.9 Å². The molecule has 2 atom stereocenters. The number of aliphatic hydroxyl groups is 1. The SMILES string of the molecule is CC(c1ccc(Br)cc1)N1C[C@](CCCO)(c2ccc(F)cc2)OC1=O. The highest BCUT2D eigenvalue weighted by atomic mass is 79.9. The van der Waals surface area contributed by atoms with Crippen molar-refractivity contribution >= 4 is 22.0 Å². The molecule has 0 aliphatic carbocycles. The van der Waals surface area contributed by atoms with Gasteiger partial charge < -0.3 is 9.84 Å². The van der Waals surface area contributed by atoms with Gasteiger partial charge in [-0.1, -0.05) is 40.2 Å². The topological polar surface area (TPSA) is 49.8 Å². The number of carbonyl (C=O) groups excluding carboxylic acids is 1. The fourth-order valence-electron chi connectivity index (χ4n) is 3.36. The third-order valence-electron chi connectivity index (χ3n) is 4.87. The van der Waals surface area contributed by atoms with Gasteiger partial charge >= 0.3 is 6.09 Å². The Morgan fingerprint density at radius 1 is 1.23 bits per heavy atom. The summed E-state index contributed by atoms with van der Waals surface area (Å²) in [6.07, 6.45) is 0.568. The number of halogens is 2. The molecule has 1 amide bonds. The van der Waals surface area contributed by atoms with Crippen LogP contribution >= 0.6 is 15.9 Å². The van der Waals surface area contributed by atoms with Crippen LogP contribution in [-0.4, -0.2) is 29.3 Å². The highest BCUT2D eigenvalue weighted by Gasteiger charge is 2.47. The van der Waals surface area contributed by atoms with Crippen molar-refractivity contribution in [3.8, 4) is 0 Å². The van der Waals surface area contributed by atoms with E-state index in [-0.39, 0.29) is 18.5 Å². The van der Waals surface area contributed by atoms with Gasteiger partial charge in [-0.15, -0.1) is 0 Å². The lowest BCUT2D eigenvalue weighted by molar-refractivity contribution is 0.0409. The Kier molecular flexibility index (Phi) is 5.63. The maximum absolute atomic E-state index is 13.3. The first-order valence-electron chi connectivity index (χ1n) is 8.57. The molecule has 1 saturated heterocycles. The highest BCUT2D eigenvalue weighted by Crippen LogP contribution is 2.40. The van der Waals surface area contributed by atoms with Gasteiger partial charge in [0.05, 0.1) is 12.6 Å². The molecule has 6 heteroatoms. The molecule has 1 aliphatic rings. The average Bonchev–Trinajstić information content (AvgIpc) is 2.98. The first kappa shape index (κ1) is 18.9. The number of amides is 1. The molecule has 0 radical (unpaired) electrons. The monoisotopic (exact) mass is 421 g/mol. The van der Waals surface area contributed by atoms with Crippen molar-refractivity contribution < 1.29 is 19.0 Å². The minimum Gasteiger partial charge on any atom is -0.436 e. The Labute approximate surface area is 160 Å². The van der Waals surface area contributed by atoms with E-state index in [4.69, 9.17) is 4.74 Å². The number of hydrogen-bond acceptors (Lipinski definition) is 3. The molecule has 1 aliphatic heterocycles. The molecule has 4 nitrogen and oxygen atoms in total. The standard InChI is InChI=1S/C20H21BrFNO3/c1-14(15-3-7-17(21)8-4-15)23-13-20(11-2-12-24,26-19(23)25)16-5-9-18(22)10-6-16/h3-10,14,24H,2,11-13H2,1H3/t14?,20-/m1/s1. The maximum atomic E-state index is 13.3. The number of rotatable bonds is 6. The molecule has 1 heterocycles. The fraction of sp³-hybridized carbons (Fsp3) is 0.350. The highest BCUT2D eigenvalue weighted by molar-refractivity contribution is 9.10. The summed E-state index contributed by atoms with van der Waals surface area (Å²) in [6, 6.07) is 13.7. The molecule has 2 aromatic carbocycles. The second-order valence-electron chi connectivity index (χ2n) is 6.55. The lowest BCUT2D eigenvalue weighted by atomic mass is 9.88. The number of carbonyl (C=O) groups is 1. The van der Waals surface area contributed by atoms with Gasteiger partial charge in [0.2, 0.25) is 0 Å². The van der Waals surface area contributed by atoms with E-state index in [0.29, 0.717) is 19.4 Å². The van der Waals surface area contributed by atoms with Crippen molar-refractivity contribution in [2.45, 2.75) is 31.4 Å². The lowest BCUT2D eigenvalue weighted by Crippen LogP contribution is -2.33. The summed E-state index contributed by atoms with van der Waals surface area (Å²) in [7, 11) is 0. The van der Waals surface area contributed by atoms with Crippen LogP contribution in [0.2, 0.25) is 0 Å². The van der Waals surface area contributed by atoms with Gasteiger partial charge in [0.25, 0.3) is 0 Å². The number of hydrogen-bond donors (Lipinski definition) is 1. The van der Waals surface area contributed by atoms with E-state index in [1.165, 1.54) is 12.1 Å². The summed E-state index contributed by atoms with van der Waals surface area (Å²) in [4.78, 5) is 14.3. The predicted octanol–water partition coefficient (Wildman–Crippen LogP) is 4.77. The van der Waals surface area contributed by atoms with Crippen molar-refractivity contribution in [1.29, 1.82) is 0 Å². The van der Waals surface area contributed by atoms with Gasteiger partial charge in [0, 0.05) is 11.1 Å². The molecule has 0 aromatic heterocycles. The van der Waals surface area contributed by atoms with Crippen molar-refractivity contribution in [2.75, 3.05) is 13.2 Å². The molecule has 2 aromatic rings. The minimum absolute atomic E-state index is 0.00274. The molecule has 3 rings (SSSR count). The van der Waals surface area contributed by atoms with Crippen LogP contribution in [0.3, 0.4) is 0 Å². The predicted molar refractivity (Wildman–Crippen MR) is 100 cm³/mol. The van der Waals surface area contributed by atoms with Gasteiger partial charge in [0.1, 0.15) is 5.82 Å². The number of ether oxygens (including phenoxy) is 1. The van der Waals surface area contributed by atoms with E-state index in [0.717, 1.165) is 15.6 Å². The zero-order chi connectivity index (χ0) is 18.7. The summed E-state index contributed by atoms with van der Waals surface area (Å²) in [5.41, 5.74) is 0.866. The molecule has 0 spiro atoms. The smallest absolute Gasteiger partial charge is 0.411 e. The molecule has 1 unspecified atom stereocenters. The van der Waals surface area contributed by atoms with Crippen LogP contribution in [0, 0.1) is 5.82 Å². The largest absolute Gasteiger partial charge is 0.436 e. The van der Waals surface area contributed by atoms with Crippen LogP contribution in [-0.2, 0) is 10.3 Å². The van der Waals surface area contributed by atoms with Crippen LogP contribution in [0.25, 0.3) is 0 Å². The number of benzene rings is 2. The third-order valence-corrected chi connectivity index (χ3v) is 5.40. The Morgan fingerprint density at radius 2 is 1.88 bits per heavy atom. The van der Waals surface area contributed by atoms with Gasteiger partial charge in [-0.05, 0) is 55.2 Å². The number of aliphatic hydroxyl groups excluding tert-OH is 1. The second-order valence-corrected chi connectivity index (χ2v) is 7.47. The molecule has 26 heavy (non-hydrogen) atoms. The summed E-state index contributed by atoms with van der Waals surface area (Å²) in [6.45, 7) is 2.31. The summed E-state index contributed by atoms with van der Waals surface area (Å²) >= 11 is 3.41. The minimum atomic E-state index is -0.878. The summed E-state index contributed by atoms with van der Waals surface area (Å²) < 4.78 is 20.1. The number of cyclic esters (lactones) is 1. The number of nitrogens with zero attached hydrogens (tertiary/aromatic N) is 1. The second kappa shape index (κ2) is 7.76. The lowest BCUT2D eigenvalue weighted by Gasteiger charge is -2.28. The van der Waals surface area contributed by atoms with Crippen LogP contribution < -0.4 is 0 Å². The normalized spacial score (nSPS) is 20.9. The van der Waals surface area contributed by atoms with E-state index < -0.39 is 11.7 Å². The van der Waals surface area contributed by atoms with Crippen molar-refractivity contribution in [2.24, 2.45) is 0 Å². The van der Waals surface area contributed by atoms with Crippen molar-refractivity contribution in [3.63, 3.8) is 0 Å². The van der Waals surface area contributed by atoms with E-state index >= 15 is 0 Å². The van der Waals surface area contributed by atoms with Gasteiger partial charge in [0.15, 0.2) is 5.60 Å². The molecule has 0 bridgehead atoms. The van der Waals surface area contributed by atoms with Crippen molar-refractivity contribution in [1.82, 2.24) is 4.90 Å². The maximum Gasteiger partial charge on any atom is 0.411 e. The Hall–Kier alpha value is -1.92. The van der Waals surface area contributed by atoms with Gasteiger partial charge in [-0.2, -0.15) is 0 Å². The Morgan fingerprint density at radius 3 is 2.50 bits per heavy atom. The molecule has 0 saturated carbocycles. The van der Waals surface area contributed by atoms with E-state index in [1.54, 1.807) is 17.0 Å². The summed E-state index contributed by atoms with van der Waals surface area (Å²) in [5, 5.41) is 9.26. The summed E-state index contributed by atoms with van der Waals surface area (Å²) in [5.74, 6) is -0.338. The first-order chi connectivity index (χ1) is 12.4. The Balaban J connectivity index is 1.89. The van der Waals surface area contributed by atoms with Gasteiger partial charge in [-0.25, -0.2) is 9.18 Å². The Bertz CT molecular complexity index is 766.